The summed E-state index contributed by atoms with van der Waals surface area (Å²) in [4.78, 5) is 33.0. The number of hydrogen-bond donors (Lipinski definition) is 2. The van der Waals surface area contributed by atoms with Crippen molar-refractivity contribution in [2.45, 2.75) is 19.6 Å². The Balaban J connectivity index is 2.06. The average Bonchev–Trinajstić information content (AvgIpc) is 2.71. The molecule has 12 heteroatoms. The van der Waals surface area contributed by atoms with E-state index in [4.69, 9.17) is 41.4 Å². The van der Waals surface area contributed by atoms with Crippen LogP contribution in [0.15, 0.2) is 27.9 Å². The number of benzene rings is 1. The predicted molar refractivity (Wildman–Crippen MR) is 103 cm³/mol. The Kier molecular flexibility index (Phi) is 3.74. The zero-order chi connectivity index (χ0) is 26.3. The summed E-state index contributed by atoms with van der Waals surface area (Å²) >= 11 is 12.4. The predicted octanol–water partition coefficient (Wildman–Crippen LogP) is 2.51. The molecule has 0 aliphatic heterocycles. The smallest absolute Gasteiger partial charge is 0.349 e. The summed E-state index contributed by atoms with van der Waals surface area (Å²) in [7, 11) is 0. The van der Waals surface area contributed by atoms with E-state index in [1.807, 2.05) is 4.98 Å². The molecule has 0 aliphatic rings. The van der Waals surface area contributed by atoms with Crippen molar-refractivity contribution in [2.24, 2.45) is 0 Å². The van der Waals surface area contributed by atoms with Crippen molar-refractivity contribution in [1.29, 1.82) is 5.26 Å². The molecule has 2 N–H and O–H groups in total. The number of nitrogens with one attached hydrogen (secondary N) is 1. The first-order chi connectivity index (χ1) is 16.1. The third-order valence-electron chi connectivity index (χ3n) is 3.40. The Labute approximate surface area is 181 Å². The van der Waals surface area contributed by atoms with Gasteiger partial charge in [0.05, 0.1) is 27.6 Å². The quantitative estimate of drug-likeness (QED) is 0.628. The highest BCUT2D eigenvalue weighted by Crippen LogP contribution is 2.37. The lowest BCUT2D eigenvalue weighted by Crippen LogP contribution is -2.33. The van der Waals surface area contributed by atoms with Crippen molar-refractivity contribution in [1.82, 2.24) is 24.7 Å². The summed E-state index contributed by atoms with van der Waals surface area (Å²) in [6.45, 7) is -6.10. The van der Waals surface area contributed by atoms with Crippen LogP contribution in [0.1, 0.15) is 39.2 Å². The summed E-state index contributed by atoms with van der Waals surface area (Å²) in [5.74, 6) is -3.20. The van der Waals surface area contributed by atoms with Gasteiger partial charge in [-0.15, -0.1) is 5.10 Å². The first-order valence-electron chi connectivity index (χ1n) is 10.5. The van der Waals surface area contributed by atoms with E-state index in [1.54, 1.807) is 0 Å². The fraction of sp³-hybridized carbons (Fsp3) is 0.176. The molecule has 0 radical (unpaired) electrons. The van der Waals surface area contributed by atoms with E-state index in [1.165, 1.54) is 6.07 Å². The van der Waals surface area contributed by atoms with Crippen LogP contribution in [0, 0.1) is 11.3 Å². The molecule has 2 heterocycles. The number of aromatic hydroxyl groups is 1. The van der Waals surface area contributed by atoms with Crippen LogP contribution < -0.4 is 16.0 Å². The molecule has 0 saturated carbocycles. The molecule has 0 unspecified atom stereocenters. The van der Waals surface area contributed by atoms with Gasteiger partial charge in [-0.2, -0.15) is 19.9 Å². The second-order valence-electron chi connectivity index (χ2n) is 5.33. The summed E-state index contributed by atoms with van der Waals surface area (Å²) in [5.41, 5.74) is -3.32. The van der Waals surface area contributed by atoms with Gasteiger partial charge in [-0.05, 0) is 18.1 Å². The number of ether oxygens (including phenoxy) is 1. The van der Waals surface area contributed by atoms with Crippen molar-refractivity contribution in [2.75, 3.05) is 0 Å². The van der Waals surface area contributed by atoms with Gasteiger partial charge in [-0.1, -0.05) is 36.9 Å². The molecule has 29 heavy (non-hydrogen) atoms. The fourth-order valence-electron chi connectivity index (χ4n) is 2.14. The zero-order valence-corrected chi connectivity index (χ0v) is 15.5. The van der Waals surface area contributed by atoms with E-state index in [0.717, 1.165) is 18.3 Å². The van der Waals surface area contributed by atoms with Crippen molar-refractivity contribution in [3.05, 3.63) is 60.6 Å². The van der Waals surface area contributed by atoms with E-state index >= 15 is 0 Å². The van der Waals surface area contributed by atoms with Crippen LogP contribution in [0.3, 0.4) is 0 Å². The van der Waals surface area contributed by atoms with Gasteiger partial charge in [0.15, 0.2) is 11.5 Å². The molecular formula is C17H12Cl2N6O4. The minimum atomic E-state index is -3.05. The summed E-state index contributed by atoms with van der Waals surface area (Å²) < 4.78 is 51.4. The Morgan fingerprint density at radius 2 is 2.03 bits per heavy atom. The molecule has 10 nitrogen and oxygen atoms in total. The lowest BCUT2D eigenvalue weighted by Gasteiger charge is -2.12. The van der Waals surface area contributed by atoms with Gasteiger partial charge in [-0.25, -0.2) is 4.79 Å². The maximum Gasteiger partial charge on any atom is 0.349 e. The lowest BCUT2D eigenvalue weighted by molar-refractivity contribution is 0.417. The van der Waals surface area contributed by atoms with Crippen molar-refractivity contribution in [3.8, 4) is 29.3 Å². The van der Waals surface area contributed by atoms with Crippen LogP contribution >= 0.6 is 23.2 Å². The Hall–Kier alpha value is -3.42. The topological polar surface area (TPSA) is 147 Å². The van der Waals surface area contributed by atoms with E-state index in [2.05, 4.69) is 15.1 Å². The largest absolute Gasteiger partial charge is 0.504 e. The molecule has 148 valence electrons. The first kappa shape index (κ1) is 13.7. The van der Waals surface area contributed by atoms with Crippen molar-refractivity contribution in [3.63, 3.8) is 0 Å². The molecule has 0 spiro atoms. The van der Waals surface area contributed by atoms with Crippen LogP contribution in [0.5, 0.6) is 17.5 Å². The van der Waals surface area contributed by atoms with Gasteiger partial charge in [0.1, 0.15) is 6.07 Å². The second kappa shape index (κ2) is 7.90. The highest BCUT2D eigenvalue weighted by Gasteiger charge is 2.17. The molecular weight excluding hydrogens is 423 g/mol. The number of aromatic nitrogens is 5. The first-order valence-corrected chi connectivity index (χ1v) is 8.26. The van der Waals surface area contributed by atoms with Gasteiger partial charge >= 0.3 is 11.7 Å². The molecule has 0 aliphatic carbocycles. The minimum absolute atomic E-state index is 0.0534. The Morgan fingerprint density at radius 1 is 1.34 bits per heavy atom. The molecule has 0 amide bonds. The van der Waals surface area contributed by atoms with E-state index < -0.39 is 54.0 Å². The molecule has 1 aromatic carbocycles. The molecule has 0 saturated heterocycles. The molecule has 2 aromatic heterocycles. The van der Waals surface area contributed by atoms with Crippen LogP contribution in [-0.2, 0) is 0 Å². The highest BCUT2D eigenvalue weighted by molar-refractivity contribution is 6.37. The Morgan fingerprint density at radius 3 is 2.66 bits per heavy atom. The van der Waals surface area contributed by atoms with Crippen LogP contribution in [0.2, 0.25) is 10.0 Å². The maximum atomic E-state index is 12.1. The van der Waals surface area contributed by atoms with Crippen LogP contribution in [0.4, 0.5) is 0 Å². The SMILES string of the molecule is [2H]C([2H])([2H])C(c1nc(Oc2c(Cl)cc(-n3nc(C#N)c(=O)[nH]c3=O)cc2Cl)ncc1O)C([2H])([2H])[2H]. The van der Waals surface area contributed by atoms with Gasteiger partial charge in [0.25, 0.3) is 5.56 Å². The molecule has 3 aromatic rings. The zero-order valence-electron chi connectivity index (χ0n) is 20.0. The minimum Gasteiger partial charge on any atom is -0.504 e. The number of aromatic amines is 1. The molecule has 0 fully saturated rings. The van der Waals surface area contributed by atoms with E-state index in [0.29, 0.717) is 4.68 Å². The van der Waals surface area contributed by atoms with Gasteiger partial charge in [0, 0.05) is 8.22 Å². The number of halogens is 2. The third kappa shape index (κ3) is 4.06. The van der Waals surface area contributed by atoms with Crippen LogP contribution in [0.25, 0.3) is 5.69 Å². The van der Waals surface area contributed by atoms with E-state index in [9.17, 15) is 14.7 Å². The van der Waals surface area contributed by atoms with Crippen molar-refractivity contribution >= 4 is 23.2 Å². The lowest BCUT2D eigenvalue weighted by atomic mass is 10.1. The summed E-state index contributed by atoms with van der Waals surface area (Å²) in [6, 6.07) is 3.23. The fourth-order valence-corrected chi connectivity index (χ4v) is 2.69. The number of hydrogen-bond acceptors (Lipinski definition) is 8. The summed E-state index contributed by atoms with van der Waals surface area (Å²) in [5, 5.41) is 22.2. The third-order valence-corrected chi connectivity index (χ3v) is 3.97. The monoisotopic (exact) mass is 440 g/mol. The molecule has 0 bridgehead atoms. The van der Waals surface area contributed by atoms with Crippen LogP contribution in [-0.4, -0.2) is 29.8 Å². The van der Waals surface area contributed by atoms with Gasteiger partial charge in [0.2, 0.25) is 5.69 Å². The number of nitrogens with zero attached hydrogens (tertiary/aromatic N) is 5. The summed E-state index contributed by atoms with van der Waals surface area (Å²) in [6.07, 6.45) is 0.755. The normalized spacial score (nSPS) is 14.7. The van der Waals surface area contributed by atoms with Gasteiger partial charge in [-0.3, -0.25) is 9.78 Å². The second-order valence-corrected chi connectivity index (χ2v) is 6.14. The highest BCUT2D eigenvalue weighted by atomic mass is 35.5. The van der Waals surface area contributed by atoms with Gasteiger partial charge < -0.3 is 9.84 Å². The number of rotatable bonds is 4. The van der Waals surface area contributed by atoms with Crippen molar-refractivity contribution < 1.29 is 18.1 Å². The molecule has 0 atom stereocenters. The number of nitriles is 1. The average molecular weight is 441 g/mol. The maximum absolute atomic E-state index is 12.1. The Bertz CT molecular complexity index is 1430. The molecule has 3 rings (SSSR count). The standard InChI is InChI=1S/C17H12Cl2N6O4/c1-7(2)13-12(26)6-21-16(22-13)29-14-9(18)3-8(4-10(14)19)25-17(28)23-15(27)11(5-20)24-25/h3-4,6-7,26H,1-2H3,(H,23,27,28)/i1D3,2D3. The number of H-pyrrole nitrogens is 1. The van der Waals surface area contributed by atoms with E-state index in [-0.39, 0.29) is 21.5 Å².